The van der Waals surface area contributed by atoms with E-state index in [1.165, 1.54) is 5.56 Å². The molecule has 0 spiro atoms. The van der Waals surface area contributed by atoms with E-state index in [4.69, 9.17) is 5.10 Å². The Morgan fingerprint density at radius 1 is 0.541 bits per heavy atom. The number of nitrogens with zero attached hydrogens (tertiary/aromatic N) is 2. The molecule has 6 rings (SSSR count). The van der Waals surface area contributed by atoms with Gasteiger partial charge in [-0.2, -0.15) is 0 Å². The Kier molecular flexibility index (Phi) is 6.01. The van der Waals surface area contributed by atoms with Crippen molar-refractivity contribution in [3.63, 3.8) is 0 Å². The van der Waals surface area contributed by atoms with Crippen LogP contribution in [0.25, 0.3) is 11.1 Å². The molecule has 0 fully saturated rings. The van der Waals surface area contributed by atoms with E-state index in [2.05, 4.69) is 163 Å². The normalized spacial score (nSPS) is 13.2. The number of hydrazine groups is 2. The fourth-order valence-corrected chi connectivity index (χ4v) is 5.24. The quantitative estimate of drug-likeness (QED) is 0.268. The SMILES string of the molecule is Cc1ccc(-c2ccccc2C2=NNNN2C(c2ccccc2)(c2ccccc2)c2ccccc2)cc1. The Bertz CT molecular complexity index is 1420. The minimum atomic E-state index is -0.702. The predicted octanol–water partition coefficient (Wildman–Crippen LogP) is 6.64. The highest BCUT2D eigenvalue weighted by Gasteiger charge is 2.46. The summed E-state index contributed by atoms with van der Waals surface area (Å²) < 4.78 is 0. The lowest BCUT2D eigenvalue weighted by atomic mass is 9.76. The number of hydrazone groups is 1. The average Bonchev–Trinajstić information content (AvgIpc) is 3.46. The molecular formula is C33H28N4. The van der Waals surface area contributed by atoms with E-state index in [-0.39, 0.29) is 0 Å². The molecule has 1 aliphatic heterocycles. The van der Waals surface area contributed by atoms with Crippen molar-refractivity contribution in [1.29, 1.82) is 0 Å². The van der Waals surface area contributed by atoms with Gasteiger partial charge in [-0.25, -0.2) is 5.53 Å². The zero-order valence-corrected chi connectivity index (χ0v) is 20.7. The molecule has 180 valence electrons. The summed E-state index contributed by atoms with van der Waals surface area (Å²) in [6.07, 6.45) is 0. The van der Waals surface area contributed by atoms with Gasteiger partial charge in [0.1, 0.15) is 5.54 Å². The maximum atomic E-state index is 4.82. The molecule has 0 radical (unpaired) electrons. The number of rotatable bonds is 6. The van der Waals surface area contributed by atoms with Gasteiger partial charge in [0.05, 0.1) is 0 Å². The van der Waals surface area contributed by atoms with Gasteiger partial charge in [-0.1, -0.05) is 145 Å². The topological polar surface area (TPSA) is 39.7 Å². The van der Waals surface area contributed by atoms with Gasteiger partial charge in [0.15, 0.2) is 5.84 Å². The molecule has 0 aliphatic carbocycles. The molecule has 5 aromatic carbocycles. The Morgan fingerprint density at radius 3 is 1.51 bits per heavy atom. The molecule has 37 heavy (non-hydrogen) atoms. The van der Waals surface area contributed by atoms with E-state index in [0.29, 0.717) is 0 Å². The second kappa shape index (κ2) is 9.76. The van der Waals surface area contributed by atoms with Gasteiger partial charge in [0.25, 0.3) is 0 Å². The van der Waals surface area contributed by atoms with Crippen LogP contribution in [0.3, 0.4) is 0 Å². The Balaban J connectivity index is 1.61. The van der Waals surface area contributed by atoms with Crippen LogP contribution in [0.4, 0.5) is 0 Å². The van der Waals surface area contributed by atoms with Crippen molar-refractivity contribution in [3.8, 4) is 11.1 Å². The zero-order chi connectivity index (χ0) is 25.1. The molecule has 4 nitrogen and oxygen atoms in total. The molecule has 0 aromatic heterocycles. The van der Waals surface area contributed by atoms with E-state index in [1.54, 1.807) is 0 Å². The predicted molar refractivity (Wildman–Crippen MR) is 150 cm³/mol. The number of hydrogen-bond acceptors (Lipinski definition) is 4. The summed E-state index contributed by atoms with van der Waals surface area (Å²) in [4.78, 5) is 0. The third-order valence-corrected chi connectivity index (χ3v) is 6.98. The molecule has 0 saturated carbocycles. The standard InChI is InChI=1S/C33H28N4/c1-25-21-23-26(24-22-25)30-19-11-12-20-31(30)32-34-35-36-37(32)33(27-13-5-2-6-14-27,28-15-7-3-8-16-28)29-17-9-4-10-18-29/h2-24,35-36H,1H3. The first kappa shape index (κ1) is 22.8. The second-order valence-electron chi connectivity index (χ2n) is 9.21. The van der Waals surface area contributed by atoms with Gasteiger partial charge in [-0.3, -0.25) is 5.01 Å². The summed E-state index contributed by atoms with van der Waals surface area (Å²) >= 11 is 0. The summed E-state index contributed by atoms with van der Waals surface area (Å²) in [7, 11) is 0. The van der Waals surface area contributed by atoms with Crippen LogP contribution in [0.5, 0.6) is 0 Å². The summed E-state index contributed by atoms with van der Waals surface area (Å²) in [5.74, 6) is 0.813. The van der Waals surface area contributed by atoms with Crippen LogP contribution in [0.1, 0.15) is 27.8 Å². The van der Waals surface area contributed by atoms with Crippen molar-refractivity contribution in [2.75, 3.05) is 0 Å². The molecular weight excluding hydrogens is 452 g/mol. The van der Waals surface area contributed by atoms with Crippen molar-refractivity contribution in [1.82, 2.24) is 16.1 Å². The lowest BCUT2D eigenvalue weighted by Gasteiger charge is -2.44. The van der Waals surface area contributed by atoms with Crippen molar-refractivity contribution in [3.05, 3.63) is 167 Å². The summed E-state index contributed by atoms with van der Waals surface area (Å²) in [6, 6.07) is 48.9. The molecule has 5 aromatic rings. The molecule has 0 amide bonds. The minimum Gasteiger partial charge on any atom is -0.251 e. The lowest BCUT2D eigenvalue weighted by molar-refractivity contribution is 0.183. The van der Waals surface area contributed by atoms with E-state index >= 15 is 0 Å². The Labute approximate surface area is 217 Å². The van der Waals surface area contributed by atoms with Crippen LogP contribution in [0.15, 0.2) is 145 Å². The largest absolute Gasteiger partial charge is 0.251 e. The monoisotopic (exact) mass is 480 g/mol. The van der Waals surface area contributed by atoms with E-state index in [0.717, 1.165) is 39.2 Å². The van der Waals surface area contributed by atoms with Crippen LogP contribution in [0.2, 0.25) is 0 Å². The van der Waals surface area contributed by atoms with Gasteiger partial charge in [0, 0.05) is 5.56 Å². The fraction of sp³-hybridized carbons (Fsp3) is 0.0606. The highest BCUT2D eigenvalue weighted by Crippen LogP contribution is 2.43. The Hall–Kier alpha value is -4.67. The van der Waals surface area contributed by atoms with Gasteiger partial charge in [0.2, 0.25) is 0 Å². The highest BCUT2D eigenvalue weighted by molar-refractivity contribution is 6.05. The molecule has 4 heteroatoms. The van der Waals surface area contributed by atoms with Gasteiger partial charge >= 0.3 is 0 Å². The van der Waals surface area contributed by atoms with Crippen molar-refractivity contribution < 1.29 is 0 Å². The first-order valence-electron chi connectivity index (χ1n) is 12.5. The number of amidine groups is 1. The maximum Gasteiger partial charge on any atom is 0.175 e. The maximum absolute atomic E-state index is 4.82. The fourth-order valence-electron chi connectivity index (χ4n) is 5.24. The van der Waals surface area contributed by atoms with Crippen LogP contribution in [-0.2, 0) is 5.54 Å². The van der Waals surface area contributed by atoms with Gasteiger partial charge in [-0.05, 0) is 34.7 Å². The van der Waals surface area contributed by atoms with Crippen LogP contribution >= 0.6 is 0 Å². The molecule has 0 bridgehead atoms. The van der Waals surface area contributed by atoms with Crippen LogP contribution < -0.4 is 11.1 Å². The third-order valence-electron chi connectivity index (χ3n) is 6.98. The van der Waals surface area contributed by atoms with E-state index in [9.17, 15) is 0 Å². The summed E-state index contributed by atoms with van der Waals surface area (Å²) in [6.45, 7) is 2.11. The summed E-state index contributed by atoms with van der Waals surface area (Å²) in [5.41, 5.74) is 13.7. The molecule has 0 atom stereocenters. The zero-order valence-electron chi connectivity index (χ0n) is 20.7. The van der Waals surface area contributed by atoms with Gasteiger partial charge in [-0.15, -0.1) is 10.6 Å². The van der Waals surface area contributed by atoms with Gasteiger partial charge < -0.3 is 0 Å². The number of aryl methyl sites for hydroxylation is 1. The number of benzene rings is 5. The lowest BCUT2D eigenvalue weighted by Crippen LogP contribution is -2.56. The molecule has 0 saturated heterocycles. The molecule has 1 heterocycles. The van der Waals surface area contributed by atoms with E-state index in [1.807, 2.05) is 0 Å². The summed E-state index contributed by atoms with van der Waals surface area (Å²) in [5, 5.41) is 6.98. The molecule has 0 unspecified atom stereocenters. The first-order valence-corrected chi connectivity index (χ1v) is 12.5. The van der Waals surface area contributed by atoms with Crippen molar-refractivity contribution in [2.24, 2.45) is 5.10 Å². The first-order chi connectivity index (χ1) is 18.3. The Morgan fingerprint density at radius 2 is 1.00 bits per heavy atom. The molecule has 1 aliphatic rings. The van der Waals surface area contributed by atoms with Crippen LogP contribution in [0, 0.1) is 6.92 Å². The third kappa shape index (κ3) is 3.98. The minimum absolute atomic E-state index is 0.702. The second-order valence-corrected chi connectivity index (χ2v) is 9.21. The van der Waals surface area contributed by atoms with Crippen molar-refractivity contribution >= 4 is 5.84 Å². The number of nitrogens with one attached hydrogen (secondary N) is 2. The van der Waals surface area contributed by atoms with E-state index < -0.39 is 5.54 Å². The van der Waals surface area contributed by atoms with Crippen molar-refractivity contribution in [2.45, 2.75) is 12.5 Å². The highest BCUT2D eigenvalue weighted by atomic mass is 15.8. The molecule has 2 N–H and O–H groups in total. The average molecular weight is 481 g/mol. The smallest absolute Gasteiger partial charge is 0.175 e. The number of hydrogen-bond donors (Lipinski definition) is 2. The van der Waals surface area contributed by atoms with Crippen LogP contribution in [-0.4, -0.2) is 10.8 Å².